The van der Waals surface area contributed by atoms with Crippen LogP contribution in [0.2, 0.25) is 0 Å². The molecule has 0 fully saturated rings. The van der Waals surface area contributed by atoms with Crippen LogP contribution in [0.1, 0.15) is 25.7 Å². The molecule has 0 aromatic carbocycles. The van der Waals surface area contributed by atoms with E-state index in [1.807, 2.05) is 0 Å². The average molecular weight is 198 g/mol. The van der Waals surface area contributed by atoms with Crippen molar-refractivity contribution in [2.45, 2.75) is 25.7 Å². The zero-order chi connectivity index (χ0) is 10.2. The van der Waals surface area contributed by atoms with E-state index in [9.17, 15) is 0 Å². The van der Waals surface area contributed by atoms with Gasteiger partial charge in [0.05, 0.1) is 12.1 Å². The lowest BCUT2D eigenvalue weighted by atomic mass is 10.4. The van der Waals surface area contributed by atoms with Crippen molar-refractivity contribution in [2.24, 2.45) is 0 Å². The van der Waals surface area contributed by atoms with Crippen molar-refractivity contribution in [1.29, 1.82) is 10.5 Å². The van der Waals surface area contributed by atoms with Crippen molar-refractivity contribution in [3.05, 3.63) is 0 Å². The van der Waals surface area contributed by atoms with E-state index < -0.39 is 10.0 Å². The number of unbranched alkanes of at least 4 members (excludes halogenated alkanes) is 2. The molecule has 0 amide bonds. The molecule has 0 aliphatic heterocycles. The van der Waals surface area contributed by atoms with Gasteiger partial charge in [-0.05, 0) is 36.9 Å². The van der Waals surface area contributed by atoms with E-state index in [1.165, 1.54) is 11.5 Å². The molecule has 0 aliphatic rings. The van der Waals surface area contributed by atoms with Crippen LogP contribution in [0.15, 0.2) is 0 Å². The molecule has 0 atom stereocenters. The Kier molecular flexibility index (Phi) is 6.45. The predicted molar refractivity (Wildman–Crippen MR) is 58.9 cm³/mol. The lowest BCUT2D eigenvalue weighted by Crippen LogP contribution is -2.06. The van der Waals surface area contributed by atoms with Crippen molar-refractivity contribution in [1.82, 2.24) is 0 Å². The van der Waals surface area contributed by atoms with Crippen LogP contribution in [0.4, 0.5) is 0 Å². The molecule has 0 aliphatic carbocycles. The highest BCUT2D eigenvalue weighted by molar-refractivity contribution is 8.32. The molecule has 0 unspecified atom stereocenters. The zero-order valence-electron chi connectivity index (χ0n) is 8.55. The molecule has 3 heteroatoms. The fourth-order valence-electron chi connectivity index (χ4n) is 1.19. The number of hydrogen-bond acceptors (Lipinski definition) is 2. The lowest BCUT2D eigenvalue weighted by Gasteiger charge is -2.30. The van der Waals surface area contributed by atoms with Crippen LogP contribution in [0.3, 0.4) is 0 Å². The van der Waals surface area contributed by atoms with Crippen molar-refractivity contribution in [3.63, 3.8) is 0 Å². The van der Waals surface area contributed by atoms with Crippen molar-refractivity contribution in [2.75, 3.05) is 24.0 Å². The molecule has 0 spiro atoms. The van der Waals surface area contributed by atoms with Gasteiger partial charge in [0.15, 0.2) is 0 Å². The number of hydrogen-bond donors (Lipinski definition) is 0. The molecule has 0 heterocycles. The number of nitrogens with zero attached hydrogens (tertiary/aromatic N) is 2. The van der Waals surface area contributed by atoms with E-state index in [2.05, 4.69) is 24.6 Å². The van der Waals surface area contributed by atoms with Gasteiger partial charge >= 0.3 is 0 Å². The van der Waals surface area contributed by atoms with Crippen LogP contribution in [-0.4, -0.2) is 24.0 Å². The van der Waals surface area contributed by atoms with Gasteiger partial charge in [0.25, 0.3) is 0 Å². The number of rotatable bonds is 6. The van der Waals surface area contributed by atoms with Gasteiger partial charge in [-0.2, -0.15) is 10.5 Å². The first-order valence-corrected chi connectivity index (χ1v) is 7.34. The lowest BCUT2D eigenvalue weighted by molar-refractivity contribution is 0.948. The zero-order valence-corrected chi connectivity index (χ0v) is 9.36. The minimum Gasteiger partial charge on any atom is -0.247 e. The van der Waals surface area contributed by atoms with Crippen molar-refractivity contribution >= 4 is 10.0 Å². The first kappa shape index (κ1) is 12.3. The van der Waals surface area contributed by atoms with Crippen LogP contribution in [0, 0.1) is 22.7 Å². The molecule has 0 saturated heterocycles. The second-order valence-corrected chi connectivity index (χ2v) is 8.05. The smallest absolute Gasteiger partial charge is 0.0622 e. The van der Waals surface area contributed by atoms with Crippen LogP contribution in [0.25, 0.3) is 0 Å². The minimum atomic E-state index is -0.528. The normalized spacial score (nSPS) is 11.7. The molecule has 2 nitrogen and oxygen atoms in total. The molecule has 74 valence electrons. The molecule has 0 bridgehead atoms. The summed E-state index contributed by atoms with van der Waals surface area (Å²) in [5.74, 6) is 2.35. The summed E-state index contributed by atoms with van der Waals surface area (Å²) in [6, 6.07) is 4.34. The highest BCUT2D eigenvalue weighted by Crippen LogP contribution is 2.41. The molecule has 0 radical (unpaired) electrons. The van der Waals surface area contributed by atoms with E-state index in [1.54, 1.807) is 0 Å². The summed E-state index contributed by atoms with van der Waals surface area (Å²) in [7, 11) is -0.528. The summed E-state index contributed by atoms with van der Waals surface area (Å²) in [5.41, 5.74) is 0. The summed E-state index contributed by atoms with van der Waals surface area (Å²) in [4.78, 5) is 0. The Balaban J connectivity index is 3.56. The van der Waals surface area contributed by atoms with Gasteiger partial charge in [-0.25, -0.2) is 10.0 Å². The van der Waals surface area contributed by atoms with Crippen LogP contribution < -0.4 is 0 Å². The standard InChI is InChI=1S/C10H18N2S/c1-13(2,9-5-3-7-11)10-6-4-8-12/h3-6,9-10H2,1-2H3. The van der Waals surface area contributed by atoms with Gasteiger partial charge in [0.2, 0.25) is 0 Å². The van der Waals surface area contributed by atoms with Gasteiger partial charge in [-0.3, -0.25) is 0 Å². The maximum atomic E-state index is 8.39. The van der Waals surface area contributed by atoms with Gasteiger partial charge < -0.3 is 0 Å². The Morgan fingerprint density at radius 3 is 1.62 bits per heavy atom. The van der Waals surface area contributed by atoms with Crippen molar-refractivity contribution < 1.29 is 0 Å². The third-order valence-electron chi connectivity index (χ3n) is 1.97. The Labute approximate surface area is 82.9 Å². The topological polar surface area (TPSA) is 47.6 Å². The number of nitriles is 2. The van der Waals surface area contributed by atoms with Gasteiger partial charge in [-0.15, -0.1) is 0 Å². The first-order valence-electron chi connectivity index (χ1n) is 4.55. The average Bonchev–Trinajstić information content (AvgIpc) is 2.05. The quantitative estimate of drug-likeness (QED) is 0.616. The highest BCUT2D eigenvalue weighted by atomic mass is 32.3. The van der Waals surface area contributed by atoms with Crippen LogP contribution in [0.5, 0.6) is 0 Å². The van der Waals surface area contributed by atoms with Crippen LogP contribution >= 0.6 is 10.0 Å². The summed E-state index contributed by atoms with van der Waals surface area (Å²) >= 11 is 0. The fourth-order valence-corrected chi connectivity index (χ4v) is 3.24. The van der Waals surface area contributed by atoms with E-state index in [-0.39, 0.29) is 0 Å². The molecule has 0 saturated carbocycles. The monoisotopic (exact) mass is 198 g/mol. The van der Waals surface area contributed by atoms with E-state index in [4.69, 9.17) is 10.5 Å². The summed E-state index contributed by atoms with van der Waals surface area (Å²) in [6.45, 7) is 0. The predicted octanol–water partition coefficient (Wildman–Crippen LogP) is 2.66. The Morgan fingerprint density at radius 2 is 1.31 bits per heavy atom. The van der Waals surface area contributed by atoms with Gasteiger partial charge in [0, 0.05) is 12.8 Å². The molecule has 0 rings (SSSR count). The van der Waals surface area contributed by atoms with E-state index >= 15 is 0 Å². The summed E-state index contributed by atoms with van der Waals surface area (Å²) in [5, 5.41) is 16.8. The molecule has 0 aromatic rings. The summed E-state index contributed by atoms with van der Waals surface area (Å²) < 4.78 is 0. The minimum absolute atomic E-state index is 0.528. The third-order valence-corrected chi connectivity index (χ3v) is 4.76. The SMILES string of the molecule is CS(C)(CCCC#N)CCCC#N. The largest absolute Gasteiger partial charge is 0.247 e. The highest BCUT2D eigenvalue weighted by Gasteiger charge is 2.10. The molecule has 13 heavy (non-hydrogen) atoms. The Hall–Kier alpha value is -0.670. The van der Waals surface area contributed by atoms with Gasteiger partial charge in [-0.1, -0.05) is 0 Å². The maximum absolute atomic E-state index is 8.39. The fraction of sp³-hybridized carbons (Fsp3) is 0.800. The molecule has 0 aromatic heterocycles. The second kappa shape index (κ2) is 6.80. The Bertz CT molecular complexity index is 188. The Morgan fingerprint density at radius 1 is 0.923 bits per heavy atom. The second-order valence-electron chi connectivity index (χ2n) is 3.70. The third kappa shape index (κ3) is 7.68. The maximum Gasteiger partial charge on any atom is 0.0622 e. The molecular formula is C10H18N2S. The van der Waals surface area contributed by atoms with Gasteiger partial charge in [0.1, 0.15) is 0 Å². The molecular weight excluding hydrogens is 180 g/mol. The van der Waals surface area contributed by atoms with Crippen LogP contribution in [-0.2, 0) is 0 Å². The van der Waals surface area contributed by atoms with Crippen molar-refractivity contribution in [3.8, 4) is 12.1 Å². The summed E-state index contributed by atoms with van der Waals surface area (Å²) in [6.07, 6.45) is 7.98. The molecule has 0 N–H and O–H groups in total. The van der Waals surface area contributed by atoms with E-state index in [0.717, 1.165) is 12.8 Å². The van der Waals surface area contributed by atoms with E-state index in [0.29, 0.717) is 12.8 Å². The first-order chi connectivity index (χ1) is 6.12.